The fraction of sp³-hybridized carbons (Fsp3) is 0. The molecule has 0 aliphatic rings. The smallest absolute Gasteiger partial charge is 0 e. The van der Waals surface area contributed by atoms with Gasteiger partial charge in [-0.05, 0) is 0 Å². The minimum Gasteiger partial charge on any atom is -0.412 e. The number of hydrogen-bond acceptors (Lipinski definition) is 0. The van der Waals surface area contributed by atoms with Crippen molar-refractivity contribution in [3.05, 3.63) is 0 Å². The topological polar surface area (TPSA) is 378 Å². The molecule has 0 aliphatic carbocycles. The van der Waals surface area contributed by atoms with E-state index in [1.54, 1.807) is 0 Å². The van der Waals surface area contributed by atoms with E-state index in [9.17, 15) is 0 Å². The summed E-state index contributed by atoms with van der Waals surface area (Å²) >= 11 is 0. The average molecular weight is 400 g/mol. The van der Waals surface area contributed by atoms with E-state index < -0.39 is 0 Å². The van der Waals surface area contributed by atoms with Crippen molar-refractivity contribution in [1.29, 1.82) is 0 Å². The van der Waals surface area contributed by atoms with Crippen LogP contribution in [0.3, 0.4) is 0 Å². The van der Waals surface area contributed by atoms with Gasteiger partial charge in [0.15, 0.2) is 0 Å². The molecule has 0 amide bonds. The van der Waals surface area contributed by atoms with Crippen molar-refractivity contribution in [2.24, 2.45) is 0 Å². The van der Waals surface area contributed by atoms with Gasteiger partial charge in [-0.3, -0.25) is 0 Å². The summed E-state index contributed by atoms with van der Waals surface area (Å²) in [5.41, 5.74) is 0. The Bertz CT molecular complexity index is 5.09. The second-order valence-electron chi connectivity index (χ2n) is 0. The molecule has 0 spiro atoms. The molecule has 13 heteroatoms. The number of rotatable bonds is 0. The minimum atomic E-state index is 0. The molecule has 0 aliphatic heterocycles. The third-order valence-corrected chi connectivity index (χ3v) is 0. The average Bonchev–Trinajstić information content (AvgIpc) is 0. The van der Waals surface area contributed by atoms with Crippen LogP contribution in [0, 0.1) is 0 Å². The monoisotopic (exact) mass is 400 g/mol. The normalized spacial score (nSPS) is 0. The van der Waals surface area contributed by atoms with Crippen molar-refractivity contribution < 1.29 is 86.8 Å². The van der Waals surface area contributed by atoms with Gasteiger partial charge in [-0.25, -0.2) is 0 Å². The third-order valence-electron chi connectivity index (χ3n) is 0. The van der Waals surface area contributed by atoms with Gasteiger partial charge in [-0.15, -0.1) is 0 Å². The van der Waals surface area contributed by atoms with Gasteiger partial charge in [0.2, 0.25) is 0 Å². The fourth-order valence-corrected chi connectivity index (χ4v) is 0. The fourth-order valence-electron chi connectivity index (χ4n) is 0. The molecule has 0 fully saturated rings. The van der Waals surface area contributed by atoms with E-state index in [1.807, 2.05) is 0 Å². The van der Waals surface area contributed by atoms with Gasteiger partial charge in [-0.2, -0.15) is 0 Å². The first kappa shape index (κ1) is 45400. The largest absolute Gasteiger partial charge is 0.412 e. The molecule has 0 rings (SSSR count). The Morgan fingerprint density at radius 3 is 0.154 bits per heavy atom. The zero-order valence-electron chi connectivity index (χ0n) is 6.41. The van der Waals surface area contributed by atoms with E-state index in [-0.39, 0.29) is 86.8 Å². The van der Waals surface area contributed by atoms with Crippen molar-refractivity contribution in [2.45, 2.75) is 0 Å². The molecular formula is H24O12W. The molecule has 0 bridgehead atoms. The Balaban J connectivity index is 0. The maximum Gasteiger partial charge on any atom is 0 e. The summed E-state index contributed by atoms with van der Waals surface area (Å²) in [6.07, 6.45) is 0. The van der Waals surface area contributed by atoms with Crippen molar-refractivity contribution in [2.75, 3.05) is 0 Å². The summed E-state index contributed by atoms with van der Waals surface area (Å²) in [5, 5.41) is 0. The zero-order chi connectivity index (χ0) is 0. The van der Waals surface area contributed by atoms with Crippen LogP contribution in [0.4, 0.5) is 0 Å². The van der Waals surface area contributed by atoms with Gasteiger partial charge in [0.25, 0.3) is 0 Å². The maximum atomic E-state index is 0. The van der Waals surface area contributed by atoms with E-state index in [0.717, 1.165) is 0 Å². The van der Waals surface area contributed by atoms with E-state index in [4.69, 9.17) is 0 Å². The Morgan fingerprint density at radius 1 is 0.154 bits per heavy atom. The maximum absolute atomic E-state index is 0. The predicted octanol–water partition coefficient (Wildman–Crippen LogP) is -9.90. The van der Waals surface area contributed by atoms with Crippen LogP contribution in [0.15, 0.2) is 0 Å². The molecular weight excluding hydrogens is 376 g/mol. The molecule has 0 radical (unpaired) electrons. The first-order chi connectivity index (χ1) is 0. The van der Waals surface area contributed by atoms with Gasteiger partial charge in [0.05, 0.1) is 0 Å². The summed E-state index contributed by atoms with van der Waals surface area (Å²) < 4.78 is 0. The van der Waals surface area contributed by atoms with Gasteiger partial charge in [0, 0.05) is 21.1 Å². The van der Waals surface area contributed by atoms with Crippen LogP contribution in [-0.4, -0.2) is 65.7 Å². The minimum absolute atomic E-state index is 0. The van der Waals surface area contributed by atoms with Crippen LogP contribution < -0.4 is 0 Å². The van der Waals surface area contributed by atoms with Gasteiger partial charge in [0.1, 0.15) is 0 Å². The third kappa shape index (κ3) is 29300. The Kier molecular flexibility index (Phi) is 123000000. The van der Waals surface area contributed by atoms with Gasteiger partial charge >= 0.3 is 0 Å². The molecule has 0 atom stereocenters. The van der Waals surface area contributed by atoms with Crippen molar-refractivity contribution >= 4 is 0 Å². The quantitative estimate of drug-likeness (QED) is 0.365. The molecule has 0 heterocycles. The number of hydrogen-bond donors (Lipinski definition) is 0. The van der Waals surface area contributed by atoms with Crippen molar-refractivity contribution in [1.82, 2.24) is 0 Å². The molecule has 0 aromatic rings. The molecule has 0 unspecified atom stereocenters. The van der Waals surface area contributed by atoms with E-state index in [0.29, 0.717) is 0 Å². The molecule has 0 saturated heterocycles. The predicted molar refractivity (Wildman–Crippen MR) is 43.4 cm³/mol. The Hall–Kier alpha value is 0.208. The van der Waals surface area contributed by atoms with E-state index in [1.165, 1.54) is 0 Å². The second kappa shape index (κ2) is 35300. The van der Waals surface area contributed by atoms with Gasteiger partial charge < -0.3 is 65.7 Å². The summed E-state index contributed by atoms with van der Waals surface area (Å²) in [7, 11) is 0. The van der Waals surface area contributed by atoms with Crippen LogP contribution in [0.5, 0.6) is 0 Å². The van der Waals surface area contributed by atoms with Gasteiger partial charge in [-0.1, -0.05) is 0 Å². The van der Waals surface area contributed by atoms with Crippen LogP contribution in [0.1, 0.15) is 0 Å². The van der Waals surface area contributed by atoms with Crippen LogP contribution in [0.2, 0.25) is 0 Å². The summed E-state index contributed by atoms with van der Waals surface area (Å²) in [5.74, 6) is 0. The van der Waals surface area contributed by atoms with Crippen LogP contribution in [0.25, 0.3) is 0 Å². The van der Waals surface area contributed by atoms with Crippen LogP contribution >= 0.6 is 0 Å². The van der Waals surface area contributed by atoms with E-state index >= 15 is 0 Å². The molecule has 0 aromatic heterocycles. The van der Waals surface area contributed by atoms with Crippen molar-refractivity contribution in [3.8, 4) is 0 Å². The standard InChI is InChI=1S/12H2O.W/h12*1H2;. The molecule has 24 N–H and O–H groups in total. The first-order valence-electron chi connectivity index (χ1n) is 0. The molecule has 13 heavy (non-hydrogen) atoms. The Labute approximate surface area is 87.5 Å². The molecule has 0 aromatic carbocycles. The first-order valence-corrected chi connectivity index (χ1v) is 0. The van der Waals surface area contributed by atoms with Crippen molar-refractivity contribution in [3.63, 3.8) is 0 Å². The summed E-state index contributed by atoms with van der Waals surface area (Å²) in [4.78, 5) is 0. The molecule has 102 valence electrons. The second-order valence-corrected chi connectivity index (χ2v) is 0. The molecule has 12 nitrogen and oxygen atoms in total. The van der Waals surface area contributed by atoms with Crippen LogP contribution in [-0.2, 0) is 21.1 Å². The van der Waals surface area contributed by atoms with E-state index in [2.05, 4.69) is 0 Å². The summed E-state index contributed by atoms with van der Waals surface area (Å²) in [6.45, 7) is 0. The summed E-state index contributed by atoms with van der Waals surface area (Å²) in [6, 6.07) is 0. The SMILES string of the molecule is O.O.O.O.O.O.O.O.O.O.O.O.[W]. The Morgan fingerprint density at radius 2 is 0.154 bits per heavy atom. The molecule has 0 saturated carbocycles. The zero-order valence-corrected chi connectivity index (χ0v) is 9.34.